The number of carbonyl (C=O) groups excluding carboxylic acids is 1. The molecular formula is C17H18N2O4S. The van der Waals surface area contributed by atoms with E-state index in [1.165, 1.54) is 0 Å². The van der Waals surface area contributed by atoms with Crippen LogP contribution in [0.1, 0.15) is 11.1 Å². The van der Waals surface area contributed by atoms with Crippen LogP contribution in [0, 0.1) is 6.92 Å². The fraction of sp³-hybridized carbons (Fsp3) is 0.235. The number of nitrogens with zero attached hydrogens (tertiary/aromatic N) is 1. The average Bonchev–Trinajstić information content (AvgIpc) is 2.50. The summed E-state index contributed by atoms with van der Waals surface area (Å²) in [5, 5.41) is 0. The summed E-state index contributed by atoms with van der Waals surface area (Å²) >= 11 is 0. The number of fused-ring (bicyclic) bond motifs is 1. The van der Waals surface area contributed by atoms with Gasteiger partial charge in [0.15, 0.2) is 6.61 Å². The zero-order chi connectivity index (χ0) is 17.3. The largest absolute Gasteiger partial charge is 0.481 e. The number of amides is 1. The van der Waals surface area contributed by atoms with E-state index < -0.39 is 10.0 Å². The molecule has 0 spiro atoms. The molecule has 1 aliphatic heterocycles. The second-order valence-corrected chi connectivity index (χ2v) is 7.56. The van der Waals surface area contributed by atoms with Gasteiger partial charge in [0, 0.05) is 6.07 Å². The Hall–Kier alpha value is -2.54. The van der Waals surface area contributed by atoms with E-state index in [1.54, 1.807) is 23.1 Å². The van der Waals surface area contributed by atoms with Gasteiger partial charge in [0.05, 0.1) is 24.2 Å². The first kappa shape index (κ1) is 16.3. The number of rotatable bonds is 4. The van der Waals surface area contributed by atoms with Crippen LogP contribution < -0.4 is 14.4 Å². The molecule has 0 fully saturated rings. The summed E-state index contributed by atoms with van der Waals surface area (Å²) in [5.41, 5.74) is 3.20. The molecule has 0 aliphatic carbocycles. The van der Waals surface area contributed by atoms with Crippen molar-refractivity contribution in [2.75, 3.05) is 22.5 Å². The van der Waals surface area contributed by atoms with Crippen molar-refractivity contribution >= 4 is 27.3 Å². The van der Waals surface area contributed by atoms with E-state index in [0.717, 1.165) is 17.4 Å². The molecule has 3 rings (SSSR count). The van der Waals surface area contributed by atoms with Gasteiger partial charge in [-0.2, -0.15) is 0 Å². The summed E-state index contributed by atoms with van der Waals surface area (Å²) in [4.78, 5) is 13.9. The van der Waals surface area contributed by atoms with Crippen molar-refractivity contribution in [3.05, 3.63) is 53.6 Å². The SMILES string of the molecule is Cc1ccc(CN2C(=O)COc3cc(NS(C)(=O)=O)ccc32)cc1. The molecule has 7 heteroatoms. The lowest BCUT2D eigenvalue weighted by atomic mass is 10.1. The quantitative estimate of drug-likeness (QED) is 0.922. The molecular weight excluding hydrogens is 328 g/mol. The Morgan fingerprint density at radius 1 is 1.17 bits per heavy atom. The number of hydrogen-bond acceptors (Lipinski definition) is 4. The summed E-state index contributed by atoms with van der Waals surface area (Å²) < 4.78 is 30.5. The van der Waals surface area contributed by atoms with Crippen molar-refractivity contribution in [1.29, 1.82) is 0 Å². The van der Waals surface area contributed by atoms with E-state index in [4.69, 9.17) is 4.74 Å². The van der Waals surface area contributed by atoms with Crippen molar-refractivity contribution in [2.24, 2.45) is 0 Å². The van der Waals surface area contributed by atoms with E-state index in [0.29, 0.717) is 23.7 Å². The number of carbonyl (C=O) groups is 1. The minimum absolute atomic E-state index is 0.0683. The topological polar surface area (TPSA) is 75.7 Å². The lowest BCUT2D eigenvalue weighted by Gasteiger charge is -2.29. The van der Waals surface area contributed by atoms with E-state index in [9.17, 15) is 13.2 Å². The van der Waals surface area contributed by atoms with Crippen LogP contribution in [0.15, 0.2) is 42.5 Å². The lowest BCUT2D eigenvalue weighted by molar-refractivity contribution is -0.121. The van der Waals surface area contributed by atoms with Crippen LogP contribution >= 0.6 is 0 Å². The third-order valence-electron chi connectivity index (χ3n) is 3.67. The third-order valence-corrected chi connectivity index (χ3v) is 4.27. The Balaban J connectivity index is 1.90. The van der Waals surface area contributed by atoms with E-state index >= 15 is 0 Å². The van der Waals surface area contributed by atoms with Gasteiger partial charge in [-0.05, 0) is 24.6 Å². The molecule has 0 bridgehead atoms. The van der Waals surface area contributed by atoms with Crippen molar-refractivity contribution in [1.82, 2.24) is 0 Å². The molecule has 2 aromatic rings. The van der Waals surface area contributed by atoms with Crippen LogP contribution in [-0.4, -0.2) is 27.2 Å². The highest BCUT2D eigenvalue weighted by molar-refractivity contribution is 7.92. The molecule has 24 heavy (non-hydrogen) atoms. The highest BCUT2D eigenvalue weighted by atomic mass is 32.2. The van der Waals surface area contributed by atoms with Crippen LogP contribution in [0.2, 0.25) is 0 Å². The van der Waals surface area contributed by atoms with E-state index in [2.05, 4.69) is 4.72 Å². The van der Waals surface area contributed by atoms with Gasteiger partial charge in [0.1, 0.15) is 5.75 Å². The van der Waals surface area contributed by atoms with E-state index in [-0.39, 0.29) is 12.5 Å². The number of aryl methyl sites for hydroxylation is 1. The molecule has 1 amide bonds. The molecule has 0 aromatic heterocycles. The number of sulfonamides is 1. The fourth-order valence-electron chi connectivity index (χ4n) is 2.53. The van der Waals surface area contributed by atoms with Crippen molar-refractivity contribution in [3.8, 4) is 5.75 Å². The molecule has 1 N–H and O–H groups in total. The maximum atomic E-state index is 12.2. The van der Waals surface area contributed by atoms with Crippen LogP contribution in [0.5, 0.6) is 5.75 Å². The zero-order valence-corrected chi connectivity index (χ0v) is 14.3. The normalized spacial score (nSPS) is 14.1. The summed E-state index contributed by atoms with van der Waals surface area (Å²) in [7, 11) is -3.37. The summed E-state index contributed by atoms with van der Waals surface area (Å²) in [5.74, 6) is 0.349. The molecule has 6 nitrogen and oxygen atoms in total. The zero-order valence-electron chi connectivity index (χ0n) is 13.4. The summed E-state index contributed by atoms with van der Waals surface area (Å²) in [6.45, 7) is 2.38. The Morgan fingerprint density at radius 2 is 1.88 bits per heavy atom. The number of hydrogen-bond donors (Lipinski definition) is 1. The second-order valence-electron chi connectivity index (χ2n) is 5.81. The van der Waals surface area contributed by atoms with Gasteiger partial charge in [-0.1, -0.05) is 29.8 Å². The minimum Gasteiger partial charge on any atom is -0.481 e. The fourth-order valence-corrected chi connectivity index (χ4v) is 3.09. The summed E-state index contributed by atoms with van der Waals surface area (Å²) in [6.07, 6.45) is 1.08. The molecule has 1 aliphatic rings. The maximum absolute atomic E-state index is 12.2. The first-order valence-electron chi connectivity index (χ1n) is 7.42. The Bertz CT molecular complexity index is 876. The van der Waals surface area contributed by atoms with Crippen molar-refractivity contribution in [2.45, 2.75) is 13.5 Å². The molecule has 0 radical (unpaired) electrons. The molecule has 2 aromatic carbocycles. The number of ether oxygens (including phenoxy) is 1. The molecule has 126 valence electrons. The smallest absolute Gasteiger partial charge is 0.265 e. The maximum Gasteiger partial charge on any atom is 0.265 e. The van der Waals surface area contributed by atoms with Gasteiger partial charge in [0.2, 0.25) is 10.0 Å². The van der Waals surface area contributed by atoms with Gasteiger partial charge in [-0.25, -0.2) is 8.42 Å². The number of benzene rings is 2. The van der Waals surface area contributed by atoms with Crippen LogP contribution in [0.3, 0.4) is 0 Å². The highest BCUT2D eigenvalue weighted by Crippen LogP contribution is 2.35. The minimum atomic E-state index is -3.37. The van der Waals surface area contributed by atoms with Crippen LogP contribution in [0.4, 0.5) is 11.4 Å². The second kappa shape index (κ2) is 6.16. The first-order valence-corrected chi connectivity index (χ1v) is 9.31. The van der Waals surface area contributed by atoms with Gasteiger partial charge in [-0.3, -0.25) is 9.52 Å². The van der Waals surface area contributed by atoms with Gasteiger partial charge >= 0.3 is 0 Å². The number of nitrogens with one attached hydrogen (secondary N) is 1. The Labute approximate surface area is 141 Å². The lowest BCUT2D eigenvalue weighted by Crippen LogP contribution is -2.38. The summed E-state index contributed by atoms with van der Waals surface area (Å²) in [6, 6.07) is 12.9. The first-order chi connectivity index (χ1) is 11.3. The van der Waals surface area contributed by atoms with Gasteiger partial charge in [0.25, 0.3) is 5.91 Å². The molecule has 0 saturated carbocycles. The standard InChI is InChI=1S/C17H18N2O4S/c1-12-3-5-13(6-4-12)10-19-15-8-7-14(18-24(2,21)22)9-16(15)23-11-17(19)20/h3-9,18H,10-11H2,1-2H3. The van der Waals surface area contributed by atoms with Crippen molar-refractivity contribution < 1.29 is 17.9 Å². The van der Waals surface area contributed by atoms with Crippen LogP contribution in [-0.2, 0) is 21.4 Å². The number of anilines is 2. The molecule has 1 heterocycles. The highest BCUT2D eigenvalue weighted by Gasteiger charge is 2.26. The molecule has 0 unspecified atom stereocenters. The van der Waals surface area contributed by atoms with E-state index in [1.807, 2.05) is 31.2 Å². The predicted molar refractivity (Wildman–Crippen MR) is 92.8 cm³/mol. The van der Waals surface area contributed by atoms with Crippen molar-refractivity contribution in [3.63, 3.8) is 0 Å². The Kier molecular flexibility index (Phi) is 4.19. The monoisotopic (exact) mass is 346 g/mol. The van der Waals surface area contributed by atoms with Gasteiger partial charge in [-0.15, -0.1) is 0 Å². The van der Waals surface area contributed by atoms with Crippen LogP contribution in [0.25, 0.3) is 0 Å². The predicted octanol–water partition coefficient (Wildman–Crippen LogP) is 2.29. The Morgan fingerprint density at radius 3 is 2.54 bits per heavy atom. The average molecular weight is 346 g/mol. The molecule has 0 saturated heterocycles. The van der Waals surface area contributed by atoms with Gasteiger partial charge < -0.3 is 9.64 Å². The molecule has 0 atom stereocenters. The third kappa shape index (κ3) is 3.68.